The van der Waals surface area contributed by atoms with Crippen LogP contribution in [0, 0.1) is 5.41 Å². The predicted molar refractivity (Wildman–Crippen MR) is 75.9 cm³/mol. The molecule has 3 rings (SSSR count). The molecular weight excluding hydrogens is 238 g/mol. The van der Waals surface area contributed by atoms with Gasteiger partial charge in [-0.2, -0.15) is 0 Å². The fourth-order valence-electron chi connectivity index (χ4n) is 4.30. The second-order valence-corrected chi connectivity index (χ2v) is 6.52. The minimum Gasteiger partial charge on any atom is -0.338 e. The smallest absolute Gasteiger partial charge is 0.318 e. The van der Waals surface area contributed by atoms with Crippen molar-refractivity contribution in [2.24, 2.45) is 5.41 Å². The highest BCUT2D eigenvalue weighted by Gasteiger charge is 2.45. The van der Waals surface area contributed by atoms with Crippen LogP contribution in [0.2, 0.25) is 0 Å². The van der Waals surface area contributed by atoms with Gasteiger partial charge in [0, 0.05) is 18.5 Å². The van der Waals surface area contributed by atoms with Crippen molar-refractivity contribution < 1.29 is 4.79 Å². The van der Waals surface area contributed by atoms with Crippen LogP contribution in [-0.2, 0) is 0 Å². The maximum absolute atomic E-state index is 12.3. The highest BCUT2D eigenvalue weighted by Crippen LogP contribution is 2.45. The number of urea groups is 1. The van der Waals surface area contributed by atoms with Gasteiger partial charge in [-0.25, -0.2) is 4.79 Å². The molecule has 0 aromatic rings. The van der Waals surface area contributed by atoms with E-state index in [0.717, 1.165) is 32.5 Å². The van der Waals surface area contributed by atoms with E-state index < -0.39 is 0 Å². The summed E-state index contributed by atoms with van der Waals surface area (Å²) in [5.74, 6) is 0. The van der Waals surface area contributed by atoms with E-state index in [4.69, 9.17) is 0 Å². The second kappa shape index (κ2) is 5.70. The van der Waals surface area contributed by atoms with Crippen LogP contribution in [0.4, 0.5) is 4.79 Å². The van der Waals surface area contributed by atoms with E-state index in [9.17, 15) is 4.79 Å². The first-order valence-corrected chi connectivity index (χ1v) is 8.10. The Morgan fingerprint density at radius 2 is 1.74 bits per heavy atom. The molecule has 0 aromatic heterocycles. The first kappa shape index (κ1) is 13.2. The summed E-state index contributed by atoms with van der Waals surface area (Å²) in [6, 6.07) is 0.154. The summed E-state index contributed by atoms with van der Waals surface area (Å²) in [6.07, 6.45) is 11.7. The van der Waals surface area contributed by atoms with Crippen LogP contribution < -0.4 is 10.6 Å². The lowest BCUT2D eigenvalue weighted by atomic mass is 9.67. The summed E-state index contributed by atoms with van der Waals surface area (Å²) in [7, 11) is 0. The van der Waals surface area contributed by atoms with E-state index in [2.05, 4.69) is 15.5 Å². The van der Waals surface area contributed by atoms with Crippen LogP contribution in [0.15, 0.2) is 0 Å². The lowest BCUT2D eigenvalue weighted by Gasteiger charge is -2.51. The molecule has 19 heavy (non-hydrogen) atoms. The largest absolute Gasteiger partial charge is 0.338 e. The van der Waals surface area contributed by atoms with Gasteiger partial charge in [0.15, 0.2) is 0 Å². The molecule has 1 spiro atoms. The maximum atomic E-state index is 12.3. The normalized spacial score (nSPS) is 31.9. The third kappa shape index (κ3) is 2.60. The van der Waals surface area contributed by atoms with Crippen molar-refractivity contribution in [1.82, 2.24) is 15.5 Å². The number of nitrogens with zero attached hydrogens (tertiary/aromatic N) is 1. The van der Waals surface area contributed by atoms with Crippen LogP contribution in [0.5, 0.6) is 0 Å². The Kier molecular flexibility index (Phi) is 3.96. The molecule has 2 saturated heterocycles. The molecule has 1 atom stereocenters. The topological polar surface area (TPSA) is 44.4 Å². The van der Waals surface area contributed by atoms with Gasteiger partial charge in [-0.1, -0.05) is 19.3 Å². The van der Waals surface area contributed by atoms with E-state index in [1.807, 2.05) is 0 Å². The quantitative estimate of drug-likeness (QED) is 0.765. The minimum atomic E-state index is 0.154. The molecule has 2 N–H and O–H groups in total. The molecule has 0 aromatic carbocycles. The third-order valence-electron chi connectivity index (χ3n) is 5.29. The number of hydrogen-bond acceptors (Lipinski definition) is 2. The van der Waals surface area contributed by atoms with Crippen molar-refractivity contribution in [2.75, 3.05) is 19.6 Å². The van der Waals surface area contributed by atoms with Crippen LogP contribution in [0.3, 0.4) is 0 Å². The second-order valence-electron chi connectivity index (χ2n) is 6.52. The summed E-state index contributed by atoms with van der Waals surface area (Å²) in [5.41, 5.74) is 0.359. The summed E-state index contributed by atoms with van der Waals surface area (Å²) >= 11 is 0. The van der Waals surface area contributed by atoms with E-state index in [1.54, 1.807) is 0 Å². The predicted octanol–water partition coefficient (Wildman–Crippen LogP) is 2.45. The number of nitrogens with one attached hydrogen (secondary N) is 2. The molecule has 4 nitrogen and oxygen atoms in total. The maximum Gasteiger partial charge on any atom is 0.318 e. The van der Waals surface area contributed by atoms with Crippen LogP contribution in [-0.4, -0.2) is 36.7 Å². The van der Waals surface area contributed by atoms with Gasteiger partial charge in [0.2, 0.25) is 0 Å². The number of carbonyl (C=O) groups excluding carboxylic acids is 1. The first-order chi connectivity index (χ1) is 9.32. The number of piperidine rings is 1. The lowest BCUT2D eigenvalue weighted by Crippen LogP contribution is -2.62. The average molecular weight is 265 g/mol. The molecule has 3 aliphatic rings. The molecule has 4 heteroatoms. The molecule has 1 aliphatic carbocycles. The summed E-state index contributed by atoms with van der Waals surface area (Å²) in [4.78, 5) is 14.4. The highest BCUT2D eigenvalue weighted by atomic mass is 16.2. The van der Waals surface area contributed by atoms with Gasteiger partial charge < -0.3 is 10.2 Å². The van der Waals surface area contributed by atoms with E-state index >= 15 is 0 Å². The fourth-order valence-corrected chi connectivity index (χ4v) is 4.30. The SMILES string of the molecule is O=C1NCCCCN1C1NCCCC12CCCCC2. The molecule has 2 aliphatic heterocycles. The van der Waals surface area contributed by atoms with Crippen molar-refractivity contribution in [3.8, 4) is 0 Å². The van der Waals surface area contributed by atoms with Gasteiger partial charge in [-0.15, -0.1) is 0 Å². The molecule has 1 saturated carbocycles. The summed E-state index contributed by atoms with van der Waals surface area (Å²) < 4.78 is 0. The monoisotopic (exact) mass is 265 g/mol. The molecule has 108 valence electrons. The lowest BCUT2D eigenvalue weighted by molar-refractivity contribution is 0.00294. The summed E-state index contributed by atoms with van der Waals surface area (Å²) in [6.45, 7) is 2.83. The zero-order valence-electron chi connectivity index (χ0n) is 11.9. The number of hydrogen-bond donors (Lipinski definition) is 2. The number of amides is 2. The van der Waals surface area contributed by atoms with Crippen molar-refractivity contribution in [3.63, 3.8) is 0 Å². The standard InChI is InChI=1S/C15H27N3O/c19-14-17-10-4-5-12-18(14)13-15(9-6-11-16-13)7-2-1-3-8-15/h13,16H,1-12H2,(H,17,19). The van der Waals surface area contributed by atoms with Crippen molar-refractivity contribution in [2.45, 2.75) is 64.0 Å². The van der Waals surface area contributed by atoms with Gasteiger partial charge in [0.05, 0.1) is 6.17 Å². The van der Waals surface area contributed by atoms with E-state index in [-0.39, 0.29) is 12.2 Å². The molecule has 3 fully saturated rings. The Hall–Kier alpha value is -0.770. The van der Waals surface area contributed by atoms with Gasteiger partial charge in [-0.3, -0.25) is 5.32 Å². The third-order valence-corrected chi connectivity index (χ3v) is 5.29. The van der Waals surface area contributed by atoms with Crippen LogP contribution >= 0.6 is 0 Å². The molecule has 0 radical (unpaired) electrons. The van der Waals surface area contributed by atoms with Gasteiger partial charge in [0.1, 0.15) is 0 Å². The average Bonchev–Trinajstić information content (AvgIpc) is 2.65. The van der Waals surface area contributed by atoms with Crippen LogP contribution in [0.25, 0.3) is 0 Å². The Morgan fingerprint density at radius 3 is 2.58 bits per heavy atom. The first-order valence-electron chi connectivity index (χ1n) is 8.10. The van der Waals surface area contributed by atoms with E-state index in [1.165, 1.54) is 44.9 Å². The zero-order chi connectivity index (χ0) is 13.1. The fraction of sp³-hybridized carbons (Fsp3) is 0.933. The van der Waals surface area contributed by atoms with Gasteiger partial charge in [0.25, 0.3) is 0 Å². The van der Waals surface area contributed by atoms with Gasteiger partial charge in [-0.05, 0) is 45.1 Å². The number of carbonyl (C=O) groups is 1. The Morgan fingerprint density at radius 1 is 0.947 bits per heavy atom. The summed E-state index contributed by atoms with van der Waals surface area (Å²) in [5, 5.41) is 6.73. The van der Waals surface area contributed by atoms with Crippen molar-refractivity contribution >= 4 is 6.03 Å². The molecular formula is C15H27N3O. The Balaban J connectivity index is 1.80. The van der Waals surface area contributed by atoms with E-state index in [0.29, 0.717) is 5.41 Å². The van der Waals surface area contributed by atoms with Gasteiger partial charge >= 0.3 is 6.03 Å². The Labute approximate surface area is 116 Å². The number of rotatable bonds is 1. The van der Waals surface area contributed by atoms with Crippen molar-refractivity contribution in [1.29, 1.82) is 0 Å². The molecule has 0 bridgehead atoms. The molecule has 2 heterocycles. The molecule has 2 amide bonds. The highest BCUT2D eigenvalue weighted by molar-refractivity contribution is 5.74. The Bertz CT molecular complexity index is 317. The van der Waals surface area contributed by atoms with Crippen molar-refractivity contribution in [3.05, 3.63) is 0 Å². The minimum absolute atomic E-state index is 0.154. The molecule has 1 unspecified atom stereocenters. The zero-order valence-corrected chi connectivity index (χ0v) is 11.9. The van der Waals surface area contributed by atoms with Crippen LogP contribution in [0.1, 0.15) is 57.8 Å².